The van der Waals surface area contributed by atoms with Crippen LogP contribution in [0, 0.1) is 0 Å². The lowest BCUT2D eigenvalue weighted by Crippen LogP contribution is -2.27. The number of hydrogen-bond donors (Lipinski definition) is 1. The van der Waals surface area contributed by atoms with E-state index in [-0.39, 0.29) is 0 Å². The summed E-state index contributed by atoms with van der Waals surface area (Å²) in [7, 11) is 1.68. The molecule has 4 heteroatoms. The third-order valence-electron chi connectivity index (χ3n) is 5.02. The van der Waals surface area contributed by atoms with E-state index >= 15 is 0 Å². The molecule has 26 heavy (non-hydrogen) atoms. The molecule has 0 unspecified atom stereocenters. The number of benzene rings is 2. The highest BCUT2D eigenvalue weighted by molar-refractivity contribution is 6.31. The van der Waals surface area contributed by atoms with Gasteiger partial charge in [0.05, 0.1) is 7.11 Å². The summed E-state index contributed by atoms with van der Waals surface area (Å²) < 4.78 is 11.5. The van der Waals surface area contributed by atoms with Crippen molar-refractivity contribution in [3.63, 3.8) is 0 Å². The standard InChI is InChI=1S/C22H28ClNO2/c1-25-22-14-17(15-24-19-9-4-2-3-5-10-19)12-13-21(22)26-16-18-8-6-7-11-20(18)23/h6-8,11-14,19,24H,2-5,9-10,15-16H2,1H3. The molecular weight excluding hydrogens is 346 g/mol. The topological polar surface area (TPSA) is 30.5 Å². The number of nitrogens with one attached hydrogen (secondary N) is 1. The Bertz CT molecular complexity index is 696. The summed E-state index contributed by atoms with van der Waals surface area (Å²) in [6.45, 7) is 1.29. The van der Waals surface area contributed by atoms with Crippen LogP contribution >= 0.6 is 11.6 Å². The van der Waals surface area contributed by atoms with Crippen molar-refractivity contribution in [2.45, 2.75) is 57.7 Å². The van der Waals surface area contributed by atoms with Crippen molar-refractivity contribution in [1.29, 1.82) is 0 Å². The molecule has 1 saturated carbocycles. The molecule has 2 aromatic rings. The molecule has 3 nitrogen and oxygen atoms in total. The molecule has 2 aromatic carbocycles. The van der Waals surface area contributed by atoms with Gasteiger partial charge in [-0.3, -0.25) is 0 Å². The van der Waals surface area contributed by atoms with Crippen molar-refractivity contribution in [2.75, 3.05) is 7.11 Å². The predicted molar refractivity (Wildman–Crippen MR) is 107 cm³/mol. The van der Waals surface area contributed by atoms with Gasteiger partial charge in [-0.25, -0.2) is 0 Å². The second-order valence-corrected chi connectivity index (χ2v) is 7.34. The minimum Gasteiger partial charge on any atom is -0.493 e. The number of rotatable bonds is 7. The van der Waals surface area contributed by atoms with Crippen LogP contribution in [0.15, 0.2) is 42.5 Å². The molecule has 0 atom stereocenters. The highest BCUT2D eigenvalue weighted by atomic mass is 35.5. The Balaban J connectivity index is 1.59. The number of halogens is 1. The van der Waals surface area contributed by atoms with Gasteiger partial charge in [0.2, 0.25) is 0 Å². The molecule has 0 radical (unpaired) electrons. The van der Waals surface area contributed by atoms with Gasteiger partial charge in [0.25, 0.3) is 0 Å². The van der Waals surface area contributed by atoms with Crippen LogP contribution in [0.25, 0.3) is 0 Å². The second kappa shape index (κ2) is 9.84. The monoisotopic (exact) mass is 373 g/mol. The average molecular weight is 374 g/mol. The fourth-order valence-electron chi connectivity index (χ4n) is 3.46. The van der Waals surface area contributed by atoms with Gasteiger partial charge in [-0.2, -0.15) is 0 Å². The summed E-state index contributed by atoms with van der Waals surface area (Å²) in [5, 5.41) is 4.42. The summed E-state index contributed by atoms with van der Waals surface area (Å²) in [5.41, 5.74) is 2.19. The van der Waals surface area contributed by atoms with Gasteiger partial charge in [-0.05, 0) is 36.6 Å². The Hall–Kier alpha value is -1.71. The Morgan fingerprint density at radius 2 is 1.77 bits per heavy atom. The van der Waals surface area contributed by atoms with Crippen LogP contribution in [0.5, 0.6) is 11.5 Å². The lowest BCUT2D eigenvalue weighted by atomic mass is 10.1. The third-order valence-corrected chi connectivity index (χ3v) is 5.39. The zero-order chi connectivity index (χ0) is 18.2. The van der Waals surface area contributed by atoms with Crippen LogP contribution < -0.4 is 14.8 Å². The van der Waals surface area contributed by atoms with Crippen LogP contribution in [-0.4, -0.2) is 13.2 Å². The zero-order valence-corrected chi connectivity index (χ0v) is 16.2. The predicted octanol–water partition coefficient (Wildman–Crippen LogP) is 5.74. The summed E-state index contributed by atoms with van der Waals surface area (Å²) in [6, 6.07) is 14.5. The molecule has 0 spiro atoms. The van der Waals surface area contributed by atoms with Crippen LogP contribution in [0.2, 0.25) is 5.02 Å². The van der Waals surface area contributed by atoms with Crippen molar-refractivity contribution < 1.29 is 9.47 Å². The summed E-state index contributed by atoms with van der Waals surface area (Å²) >= 11 is 6.20. The molecule has 0 amide bonds. The molecule has 0 bridgehead atoms. The van der Waals surface area contributed by atoms with E-state index in [9.17, 15) is 0 Å². The molecule has 3 rings (SSSR count). The van der Waals surface area contributed by atoms with E-state index < -0.39 is 0 Å². The van der Waals surface area contributed by atoms with E-state index in [2.05, 4.69) is 17.4 Å². The van der Waals surface area contributed by atoms with Gasteiger partial charge in [0.1, 0.15) is 6.61 Å². The minimum absolute atomic E-state index is 0.426. The van der Waals surface area contributed by atoms with Gasteiger partial charge in [0.15, 0.2) is 11.5 Å². The first kappa shape index (κ1) is 19.1. The Morgan fingerprint density at radius 3 is 2.50 bits per heavy atom. The van der Waals surface area contributed by atoms with Crippen molar-refractivity contribution in [2.24, 2.45) is 0 Å². The van der Waals surface area contributed by atoms with Crippen LogP contribution in [0.1, 0.15) is 49.7 Å². The Labute approximate surface area is 161 Å². The molecule has 1 aliphatic carbocycles. The van der Waals surface area contributed by atoms with Gasteiger partial charge in [-0.15, -0.1) is 0 Å². The maximum atomic E-state index is 6.20. The highest BCUT2D eigenvalue weighted by Gasteiger charge is 2.12. The first-order valence-electron chi connectivity index (χ1n) is 9.53. The molecular formula is C22H28ClNO2. The molecule has 1 N–H and O–H groups in total. The van der Waals surface area contributed by atoms with Gasteiger partial charge in [0, 0.05) is 23.2 Å². The van der Waals surface area contributed by atoms with E-state index in [1.54, 1.807) is 7.11 Å². The first-order chi connectivity index (χ1) is 12.8. The number of ether oxygens (including phenoxy) is 2. The lowest BCUT2D eigenvalue weighted by molar-refractivity contribution is 0.284. The van der Waals surface area contributed by atoms with E-state index in [0.717, 1.165) is 28.6 Å². The molecule has 0 heterocycles. The van der Waals surface area contributed by atoms with Crippen molar-refractivity contribution in [3.8, 4) is 11.5 Å². The van der Waals surface area contributed by atoms with Crippen LogP contribution in [0.3, 0.4) is 0 Å². The lowest BCUT2D eigenvalue weighted by Gasteiger charge is -2.17. The van der Waals surface area contributed by atoms with Crippen molar-refractivity contribution in [1.82, 2.24) is 5.32 Å². The second-order valence-electron chi connectivity index (χ2n) is 6.93. The van der Waals surface area contributed by atoms with Gasteiger partial charge >= 0.3 is 0 Å². The van der Waals surface area contributed by atoms with Crippen LogP contribution in [0.4, 0.5) is 0 Å². The van der Waals surface area contributed by atoms with Crippen molar-refractivity contribution in [3.05, 3.63) is 58.6 Å². The summed E-state index contributed by atoms with van der Waals surface area (Å²) in [6.07, 6.45) is 8.02. The summed E-state index contributed by atoms with van der Waals surface area (Å²) in [4.78, 5) is 0. The molecule has 140 valence electrons. The van der Waals surface area contributed by atoms with Gasteiger partial charge in [-0.1, -0.05) is 61.5 Å². The first-order valence-corrected chi connectivity index (χ1v) is 9.90. The Morgan fingerprint density at radius 1 is 1.00 bits per heavy atom. The van der Waals surface area contributed by atoms with Crippen LogP contribution in [-0.2, 0) is 13.2 Å². The molecule has 0 aliphatic heterocycles. The maximum absolute atomic E-state index is 6.20. The quantitative estimate of drug-likeness (QED) is 0.627. The highest BCUT2D eigenvalue weighted by Crippen LogP contribution is 2.30. The van der Waals surface area contributed by atoms with Gasteiger partial charge < -0.3 is 14.8 Å². The van der Waals surface area contributed by atoms with E-state index in [1.165, 1.54) is 44.1 Å². The van der Waals surface area contributed by atoms with Crippen molar-refractivity contribution >= 4 is 11.6 Å². The zero-order valence-electron chi connectivity index (χ0n) is 15.5. The molecule has 0 aromatic heterocycles. The van der Waals surface area contributed by atoms with E-state index in [1.807, 2.05) is 30.3 Å². The maximum Gasteiger partial charge on any atom is 0.161 e. The molecule has 1 fully saturated rings. The fourth-order valence-corrected chi connectivity index (χ4v) is 3.65. The smallest absolute Gasteiger partial charge is 0.161 e. The minimum atomic E-state index is 0.426. The largest absolute Gasteiger partial charge is 0.493 e. The SMILES string of the molecule is COc1cc(CNC2CCCCCC2)ccc1OCc1ccccc1Cl. The average Bonchev–Trinajstić information content (AvgIpc) is 2.95. The summed E-state index contributed by atoms with van der Waals surface area (Å²) in [5.74, 6) is 1.50. The normalized spacial score (nSPS) is 15.5. The fraction of sp³-hybridized carbons (Fsp3) is 0.455. The molecule has 1 aliphatic rings. The van der Waals surface area contributed by atoms with E-state index in [0.29, 0.717) is 12.6 Å². The third kappa shape index (κ3) is 5.39. The molecule has 0 saturated heterocycles. The number of methoxy groups -OCH3 is 1. The number of hydrogen-bond acceptors (Lipinski definition) is 3. The van der Waals surface area contributed by atoms with E-state index in [4.69, 9.17) is 21.1 Å². The Kier molecular flexibility index (Phi) is 7.22.